The van der Waals surface area contributed by atoms with Crippen molar-refractivity contribution in [3.05, 3.63) is 30.1 Å². The van der Waals surface area contributed by atoms with E-state index in [-0.39, 0.29) is 0 Å². The minimum absolute atomic E-state index is 1.15. The van der Waals surface area contributed by atoms with Gasteiger partial charge in [-0.05, 0) is 24.6 Å². The Morgan fingerprint density at radius 2 is 2.44 bits per heavy atom. The first kappa shape index (κ1) is 4.86. The fourth-order valence-corrected chi connectivity index (χ4v) is 1.20. The van der Waals surface area contributed by atoms with Gasteiger partial charge in [0.15, 0.2) is 0 Å². The molecule has 0 fully saturated rings. The van der Waals surface area contributed by atoms with Gasteiger partial charge >= 0.3 is 0 Å². The molecule has 1 aromatic heterocycles. The van der Waals surface area contributed by atoms with Crippen LogP contribution in [0.1, 0.15) is 12.1 Å². The number of hydrogen-bond donors (Lipinski definition) is 0. The first-order valence-electron chi connectivity index (χ1n) is 3.28. The summed E-state index contributed by atoms with van der Waals surface area (Å²) < 4.78 is 2.26. The second-order valence-electron chi connectivity index (χ2n) is 2.32. The van der Waals surface area contributed by atoms with Crippen LogP contribution in [0.5, 0.6) is 0 Å². The van der Waals surface area contributed by atoms with Gasteiger partial charge in [0.1, 0.15) is 0 Å². The topological polar surface area (TPSA) is 4.93 Å². The minimum atomic E-state index is 1.15. The summed E-state index contributed by atoms with van der Waals surface area (Å²) in [6.07, 6.45) is 7.69. The Bertz CT molecular complexity index is 232. The molecule has 0 N–H and O–H groups in total. The Kier molecular flexibility index (Phi) is 0.950. The summed E-state index contributed by atoms with van der Waals surface area (Å²) in [5, 5.41) is 0. The van der Waals surface area contributed by atoms with Crippen molar-refractivity contribution in [1.29, 1.82) is 0 Å². The van der Waals surface area contributed by atoms with Gasteiger partial charge in [0.05, 0.1) is 0 Å². The average molecular weight is 119 g/mol. The maximum absolute atomic E-state index is 2.26. The first-order chi connectivity index (χ1) is 4.47. The van der Waals surface area contributed by atoms with Gasteiger partial charge in [0, 0.05) is 18.4 Å². The minimum Gasteiger partial charge on any atom is -0.348 e. The molecule has 0 atom stereocenters. The molecule has 0 bridgehead atoms. The lowest BCUT2D eigenvalue weighted by molar-refractivity contribution is 0.697. The Labute approximate surface area is 54.6 Å². The van der Waals surface area contributed by atoms with E-state index >= 15 is 0 Å². The van der Waals surface area contributed by atoms with Crippen LogP contribution >= 0.6 is 0 Å². The molecule has 1 aliphatic rings. The van der Waals surface area contributed by atoms with Crippen LogP contribution in [0.2, 0.25) is 0 Å². The van der Waals surface area contributed by atoms with Crippen LogP contribution < -0.4 is 0 Å². The Balaban J connectivity index is 2.53. The lowest BCUT2D eigenvalue weighted by Gasteiger charge is -2.07. The molecule has 2 heterocycles. The lowest BCUT2D eigenvalue weighted by Crippen LogP contribution is -2.00. The standard InChI is InChI=1S/C8H9N/c1-2-6-9-7-3-5-8(9)4-1/h1,3-5,7H,2,6H2. The molecular weight excluding hydrogens is 110 g/mol. The summed E-state index contributed by atoms with van der Waals surface area (Å²) in [5.41, 5.74) is 1.33. The van der Waals surface area contributed by atoms with Crippen LogP contribution in [0.4, 0.5) is 0 Å². The molecule has 0 radical (unpaired) electrons. The highest BCUT2D eigenvalue weighted by Crippen LogP contribution is 2.10. The van der Waals surface area contributed by atoms with Crippen molar-refractivity contribution in [1.82, 2.24) is 4.57 Å². The maximum atomic E-state index is 2.26. The number of allylic oxidation sites excluding steroid dienone is 1. The molecule has 0 amide bonds. The fraction of sp³-hybridized carbons (Fsp3) is 0.250. The third-order valence-corrected chi connectivity index (χ3v) is 1.69. The molecule has 0 saturated heterocycles. The van der Waals surface area contributed by atoms with Crippen molar-refractivity contribution in [3.8, 4) is 0 Å². The maximum Gasteiger partial charge on any atom is 0.0403 e. The molecule has 0 spiro atoms. The van der Waals surface area contributed by atoms with Gasteiger partial charge in [0.2, 0.25) is 0 Å². The highest BCUT2D eigenvalue weighted by molar-refractivity contribution is 5.46. The van der Waals surface area contributed by atoms with Crippen LogP contribution in [-0.4, -0.2) is 4.57 Å². The summed E-state index contributed by atoms with van der Waals surface area (Å²) in [4.78, 5) is 0. The lowest BCUT2D eigenvalue weighted by atomic mass is 10.2. The SMILES string of the molecule is C1=Cc2cccn2CC1. The third-order valence-electron chi connectivity index (χ3n) is 1.69. The quantitative estimate of drug-likeness (QED) is 0.491. The van der Waals surface area contributed by atoms with Crippen molar-refractivity contribution in [2.24, 2.45) is 0 Å². The van der Waals surface area contributed by atoms with Crippen molar-refractivity contribution in [2.45, 2.75) is 13.0 Å². The van der Waals surface area contributed by atoms with Gasteiger partial charge in [-0.1, -0.05) is 6.08 Å². The third kappa shape index (κ3) is 0.689. The van der Waals surface area contributed by atoms with Gasteiger partial charge < -0.3 is 4.57 Å². The van der Waals surface area contributed by atoms with Crippen LogP contribution in [0.3, 0.4) is 0 Å². The molecule has 1 heteroatoms. The molecule has 46 valence electrons. The molecule has 2 rings (SSSR count). The van der Waals surface area contributed by atoms with E-state index in [2.05, 4.69) is 35.0 Å². The zero-order valence-corrected chi connectivity index (χ0v) is 5.25. The van der Waals surface area contributed by atoms with E-state index < -0.39 is 0 Å². The van der Waals surface area contributed by atoms with E-state index in [0.29, 0.717) is 0 Å². The van der Waals surface area contributed by atoms with Gasteiger partial charge in [-0.3, -0.25) is 0 Å². The molecule has 0 aliphatic carbocycles. The molecule has 0 unspecified atom stereocenters. The van der Waals surface area contributed by atoms with Gasteiger partial charge in [-0.15, -0.1) is 0 Å². The monoisotopic (exact) mass is 119 g/mol. The smallest absolute Gasteiger partial charge is 0.0403 e. The van der Waals surface area contributed by atoms with Gasteiger partial charge in [-0.2, -0.15) is 0 Å². The summed E-state index contributed by atoms with van der Waals surface area (Å²) in [6.45, 7) is 1.15. The highest BCUT2D eigenvalue weighted by Gasteiger charge is 1.98. The van der Waals surface area contributed by atoms with E-state index in [9.17, 15) is 0 Å². The molecule has 0 saturated carbocycles. The molecule has 1 nitrogen and oxygen atoms in total. The van der Waals surface area contributed by atoms with Crippen LogP contribution in [0.15, 0.2) is 24.4 Å². The van der Waals surface area contributed by atoms with E-state index in [0.717, 1.165) is 6.54 Å². The van der Waals surface area contributed by atoms with E-state index in [1.54, 1.807) is 0 Å². The second kappa shape index (κ2) is 1.76. The fourth-order valence-electron chi connectivity index (χ4n) is 1.20. The number of aromatic nitrogens is 1. The zero-order chi connectivity index (χ0) is 6.10. The van der Waals surface area contributed by atoms with E-state index in [4.69, 9.17) is 0 Å². The zero-order valence-electron chi connectivity index (χ0n) is 5.25. The number of fused-ring (bicyclic) bond motifs is 1. The van der Waals surface area contributed by atoms with Gasteiger partial charge in [-0.25, -0.2) is 0 Å². The van der Waals surface area contributed by atoms with Crippen LogP contribution in [-0.2, 0) is 6.54 Å². The van der Waals surface area contributed by atoms with Crippen molar-refractivity contribution in [2.75, 3.05) is 0 Å². The second-order valence-corrected chi connectivity index (χ2v) is 2.32. The number of aryl methyl sites for hydroxylation is 1. The summed E-state index contributed by atoms with van der Waals surface area (Å²) in [6, 6.07) is 4.22. The Morgan fingerprint density at radius 3 is 3.33 bits per heavy atom. The number of rotatable bonds is 0. The number of hydrogen-bond acceptors (Lipinski definition) is 0. The summed E-state index contributed by atoms with van der Waals surface area (Å²) in [5.74, 6) is 0. The van der Waals surface area contributed by atoms with Crippen LogP contribution in [0.25, 0.3) is 6.08 Å². The molecule has 1 aliphatic heterocycles. The normalized spacial score (nSPS) is 15.6. The average Bonchev–Trinajstić information content (AvgIpc) is 2.33. The Hall–Kier alpha value is -0.980. The molecule has 9 heavy (non-hydrogen) atoms. The molecular formula is C8H9N. The summed E-state index contributed by atoms with van der Waals surface area (Å²) in [7, 11) is 0. The molecule has 0 aromatic carbocycles. The molecule has 1 aromatic rings. The van der Waals surface area contributed by atoms with E-state index in [1.165, 1.54) is 12.1 Å². The Morgan fingerprint density at radius 1 is 1.44 bits per heavy atom. The van der Waals surface area contributed by atoms with Crippen LogP contribution in [0, 0.1) is 0 Å². The largest absolute Gasteiger partial charge is 0.348 e. The van der Waals surface area contributed by atoms with Gasteiger partial charge in [0.25, 0.3) is 0 Å². The van der Waals surface area contributed by atoms with Crippen molar-refractivity contribution in [3.63, 3.8) is 0 Å². The number of nitrogens with zero attached hydrogens (tertiary/aromatic N) is 1. The predicted octanol–water partition coefficient (Wildman–Crippen LogP) is 1.91. The summed E-state index contributed by atoms with van der Waals surface area (Å²) >= 11 is 0. The first-order valence-corrected chi connectivity index (χ1v) is 3.28. The predicted molar refractivity (Wildman–Crippen MR) is 38.1 cm³/mol. The highest BCUT2D eigenvalue weighted by atomic mass is 15.0. The van der Waals surface area contributed by atoms with E-state index in [1.807, 2.05) is 0 Å². The van der Waals surface area contributed by atoms with Crippen molar-refractivity contribution < 1.29 is 0 Å². The van der Waals surface area contributed by atoms with Crippen molar-refractivity contribution >= 4 is 6.08 Å².